The fourth-order valence-corrected chi connectivity index (χ4v) is 2.45. The molecule has 0 spiro atoms. The van der Waals surface area contributed by atoms with Gasteiger partial charge in [0.05, 0.1) is 38.5 Å². The number of aliphatic hydroxyl groups excluding tert-OH is 1. The molecule has 1 aromatic heterocycles. The second-order valence-corrected chi connectivity index (χ2v) is 5.27. The Kier molecular flexibility index (Phi) is 5.87. The summed E-state index contributed by atoms with van der Waals surface area (Å²) in [5.74, 6) is -0.641. The molecule has 2 heterocycles. The largest absolute Gasteiger partial charge is 0.465 e. The van der Waals surface area contributed by atoms with E-state index in [2.05, 4.69) is 4.74 Å². The van der Waals surface area contributed by atoms with Gasteiger partial charge in [0.2, 0.25) is 0 Å². The van der Waals surface area contributed by atoms with Gasteiger partial charge in [0.25, 0.3) is 5.56 Å². The van der Waals surface area contributed by atoms with Crippen LogP contribution in [0.5, 0.6) is 0 Å². The molecule has 1 N–H and O–H groups in total. The molecule has 0 saturated carbocycles. The van der Waals surface area contributed by atoms with Gasteiger partial charge in [0, 0.05) is 25.8 Å². The summed E-state index contributed by atoms with van der Waals surface area (Å²) in [7, 11) is 1.22. The Balaban J connectivity index is 2.15. The summed E-state index contributed by atoms with van der Waals surface area (Å²) in [6.07, 6.45) is 0.502. The number of ether oxygens (including phenoxy) is 2. The van der Waals surface area contributed by atoms with Crippen LogP contribution in [0.3, 0.4) is 0 Å². The molecule has 0 aromatic carbocycles. The van der Waals surface area contributed by atoms with Gasteiger partial charge in [-0.25, -0.2) is 4.79 Å². The van der Waals surface area contributed by atoms with Crippen molar-refractivity contribution in [3.8, 4) is 6.07 Å². The van der Waals surface area contributed by atoms with Gasteiger partial charge in [-0.1, -0.05) is 0 Å². The number of pyridine rings is 1. The van der Waals surface area contributed by atoms with Crippen molar-refractivity contribution in [1.29, 1.82) is 5.26 Å². The first-order valence-electron chi connectivity index (χ1n) is 7.26. The molecule has 0 radical (unpaired) electrons. The average Bonchev–Trinajstić information content (AvgIpc) is 2.56. The number of aliphatic hydroxyl groups is 1. The van der Waals surface area contributed by atoms with Gasteiger partial charge < -0.3 is 19.1 Å². The lowest BCUT2D eigenvalue weighted by molar-refractivity contribution is 0.0113. The first-order valence-corrected chi connectivity index (χ1v) is 7.26. The molecular weight excluding hydrogens is 302 g/mol. The molecule has 8 nitrogen and oxygen atoms in total. The van der Waals surface area contributed by atoms with E-state index < -0.39 is 17.6 Å². The monoisotopic (exact) mass is 321 g/mol. The first kappa shape index (κ1) is 17.1. The van der Waals surface area contributed by atoms with Crippen LogP contribution in [0.2, 0.25) is 0 Å². The molecule has 1 fully saturated rings. The molecule has 1 aliphatic rings. The SMILES string of the molecule is COC(=O)c1cc(C#N)c(=O)n(C[C@H](O)CN2CCOCC2)c1. The number of rotatable bonds is 5. The fourth-order valence-electron chi connectivity index (χ4n) is 2.45. The second-order valence-electron chi connectivity index (χ2n) is 5.27. The summed E-state index contributed by atoms with van der Waals surface area (Å²) in [5.41, 5.74) is -0.602. The number of carbonyl (C=O) groups is 1. The summed E-state index contributed by atoms with van der Waals surface area (Å²) in [6, 6.07) is 2.95. The van der Waals surface area contributed by atoms with Gasteiger partial charge in [0.1, 0.15) is 11.6 Å². The predicted molar refractivity (Wildman–Crippen MR) is 80.0 cm³/mol. The molecule has 124 valence electrons. The maximum Gasteiger partial charge on any atom is 0.339 e. The Morgan fingerprint density at radius 3 is 2.78 bits per heavy atom. The van der Waals surface area contributed by atoms with Crippen LogP contribution in [0, 0.1) is 11.3 Å². The number of β-amino-alcohol motifs (C(OH)–C–C–N with tert-alkyl or cyclic N) is 1. The van der Waals surface area contributed by atoms with E-state index in [1.807, 2.05) is 4.90 Å². The maximum absolute atomic E-state index is 12.1. The van der Waals surface area contributed by atoms with E-state index in [4.69, 9.17) is 10.00 Å². The van der Waals surface area contributed by atoms with Gasteiger partial charge in [0.15, 0.2) is 0 Å². The number of nitriles is 1. The lowest BCUT2D eigenvalue weighted by atomic mass is 10.2. The van der Waals surface area contributed by atoms with Crippen molar-refractivity contribution in [2.45, 2.75) is 12.6 Å². The van der Waals surface area contributed by atoms with Crippen molar-refractivity contribution in [2.24, 2.45) is 0 Å². The van der Waals surface area contributed by atoms with E-state index in [9.17, 15) is 14.7 Å². The van der Waals surface area contributed by atoms with Gasteiger partial charge in [-0.05, 0) is 6.07 Å². The molecule has 0 aliphatic carbocycles. The highest BCUT2D eigenvalue weighted by atomic mass is 16.5. The number of morpholine rings is 1. The lowest BCUT2D eigenvalue weighted by Crippen LogP contribution is -2.43. The second kappa shape index (κ2) is 7.87. The van der Waals surface area contributed by atoms with E-state index >= 15 is 0 Å². The highest BCUT2D eigenvalue weighted by Crippen LogP contribution is 2.05. The van der Waals surface area contributed by atoms with Gasteiger partial charge in [-0.2, -0.15) is 5.26 Å². The highest BCUT2D eigenvalue weighted by molar-refractivity contribution is 5.89. The summed E-state index contributed by atoms with van der Waals surface area (Å²) in [5, 5.41) is 19.2. The third-order valence-electron chi connectivity index (χ3n) is 3.61. The van der Waals surface area contributed by atoms with Crippen LogP contribution in [0.4, 0.5) is 0 Å². The van der Waals surface area contributed by atoms with Crippen LogP contribution in [-0.2, 0) is 16.0 Å². The number of hydrogen-bond acceptors (Lipinski definition) is 7. The topological polar surface area (TPSA) is 105 Å². The molecule has 0 unspecified atom stereocenters. The Morgan fingerprint density at radius 1 is 1.48 bits per heavy atom. The molecule has 23 heavy (non-hydrogen) atoms. The van der Waals surface area contributed by atoms with Crippen LogP contribution < -0.4 is 5.56 Å². The molecule has 0 amide bonds. The maximum atomic E-state index is 12.1. The minimum atomic E-state index is -0.801. The Labute approximate surface area is 133 Å². The average molecular weight is 321 g/mol. The molecule has 1 saturated heterocycles. The first-order chi connectivity index (χ1) is 11.0. The van der Waals surface area contributed by atoms with Crippen LogP contribution >= 0.6 is 0 Å². The van der Waals surface area contributed by atoms with E-state index in [1.165, 1.54) is 23.9 Å². The van der Waals surface area contributed by atoms with Crippen molar-refractivity contribution in [3.05, 3.63) is 33.7 Å². The van der Waals surface area contributed by atoms with Crippen molar-refractivity contribution in [3.63, 3.8) is 0 Å². The summed E-state index contributed by atoms with van der Waals surface area (Å²) in [4.78, 5) is 25.8. The lowest BCUT2D eigenvalue weighted by Gasteiger charge is -2.28. The molecule has 0 bridgehead atoms. The number of methoxy groups -OCH3 is 1. The quantitative estimate of drug-likeness (QED) is 0.708. The summed E-state index contributed by atoms with van der Waals surface area (Å²) < 4.78 is 11.0. The fraction of sp³-hybridized carbons (Fsp3) is 0.533. The van der Waals surface area contributed by atoms with Crippen LogP contribution in [0.15, 0.2) is 17.1 Å². The van der Waals surface area contributed by atoms with Gasteiger partial charge in [-0.3, -0.25) is 9.69 Å². The van der Waals surface area contributed by atoms with Gasteiger partial charge in [-0.15, -0.1) is 0 Å². The normalized spacial score (nSPS) is 16.6. The van der Waals surface area contributed by atoms with Gasteiger partial charge >= 0.3 is 5.97 Å². The molecule has 1 aromatic rings. The number of hydrogen-bond donors (Lipinski definition) is 1. The zero-order valence-electron chi connectivity index (χ0n) is 12.9. The molecule has 1 aliphatic heterocycles. The number of nitrogens with zero attached hydrogens (tertiary/aromatic N) is 3. The highest BCUT2D eigenvalue weighted by Gasteiger charge is 2.18. The van der Waals surface area contributed by atoms with E-state index in [0.717, 1.165) is 13.1 Å². The zero-order chi connectivity index (χ0) is 16.8. The minimum Gasteiger partial charge on any atom is -0.465 e. The van der Waals surface area contributed by atoms with E-state index in [-0.39, 0.29) is 17.7 Å². The van der Waals surface area contributed by atoms with Crippen LogP contribution in [0.1, 0.15) is 15.9 Å². The Morgan fingerprint density at radius 2 is 2.17 bits per heavy atom. The van der Waals surface area contributed by atoms with Crippen molar-refractivity contribution < 1.29 is 19.4 Å². The van der Waals surface area contributed by atoms with E-state index in [0.29, 0.717) is 19.8 Å². The van der Waals surface area contributed by atoms with Crippen LogP contribution in [-0.4, -0.2) is 66.6 Å². The standard InChI is InChI=1S/C15H19N3O5/c1-22-15(21)12-6-11(7-16)14(20)18(8-12)10-13(19)9-17-2-4-23-5-3-17/h6,8,13,19H,2-5,9-10H2,1H3/t13-/m1/s1. The van der Waals surface area contributed by atoms with Crippen molar-refractivity contribution in [1.82, 2.24) is 9.47 Å². The molecular formula is C15H19N3O5. The molecule has 8 heteroatoms. The number of carbonyl (C=O) groups excluding carboxylic acids is 1. The zero-order valence-corrected chi connectivity index (χ0v) is 12.9. The van der Waals surface area contributed by atoms with Crippen molar-refractivity contribution in [2.75, 3.05) is 40.0 Å². The Hall–Kier alpha value is -2.21. The van der Waals surface area contributed by atoms with Crippen LogP contribution in [0.25, 0.3) is 0 Å². The molecule has 1 atom stereocenters. The number of esters is 1. The van der Waals surface area contributed by atoms with Crippen molar-refractivity contribution >= 4 is 5.97 Å². The minimum absolute atomic E-state index is 0.00426. The summed E-state index contributed by atoms with van der Waals surface area (Å²) in [6.45, 7) is 3.05. The Bertz CT molecular complexity index is 658. The molecule has 2 rings (SSSR count). The third kappa shape index (κ3) is 4.39. The van der Waals surface area contributed by atoms with E-state index in [1.54, 1.807) is 6.07 Å². The predicted octanol–water partition coefficient (Wildman–Crippen LogP) is -0.800. The number of aromatic nitrogens is 1. The summed E-state index contributed by atoms with van der Waals surface area (Å²) >= 11 is 0. The third-order valence-corrected chi connectivity index (χ3v) is 3.61. The smallest absolute Gasteiger partial charge is 0.339 e.